The van der Waals surface area contributed by atoms with Gasteiger partial charge in [-0.25, -0.2) is 0 Å². The Hall–Kier alpha value is -2.60. The highest BCUT2D eigenvalue weighted by molar-refractivity contribution is 7.79. The first-order chi connectivity index (χ1) is 12.3. The summed E-state index contributed by atoms with van der Waals surface area (Å²) in [5.74, 6) is -0.0626. The molecule has 0 saturated heterocycles. The fourth-order valence-electron chi connectivity index (χ4n) is 2.25. The largest absolute Gasteiger partial charge is 0.513 e. The third kappa shape index (κ3) is 4.95. The van der Waals surface area contributed by atoms with Crippen LogP contribution in [0.4, 0.5) is 0 Å². The Labute approximate surface area is 158 Å². The lowest BCUT2D eigenvalue weighted by atomic mass is 9.98. The maximum absolute atomic E-state index is 12.3. The van der Waals surface area contributed by atoms with Gasteiger partial charge in [0.25, 0.3) is 0 Å². The van der Waals surface area contributed by atoms with E-state index in [2.05, 4.69) is 0 Å². The minimum atomic E-state index is -0.501. The van der Waals surface area contributed by atoms with E-state index in [9.17, 15) is 9.90 Å². The second-order valence-electron chi connectivity index (χ2n) is 6.02. The van der Waals surface area contributed by atoms with Crippen molar-refractivity contribution in [1.29, 1.82) is 0 Å². The Morgan fingerprint density at radius 1 is 1.15 bits per heavy atom. The fraction of sp³-hybridized carbons (Fsp3) is 0.300. The number of hydrogen-bond acceptors (Lipinski definition) is 6. The molecule has 0 amide bonds. The molecule has 2 aromatic carbocycles. The number of hydrogen-bond donors (Lipinski definition) is 1. The SMILES string of the molecule is COc1ccc2cc([C@H](C)C(=O)OC(=S)OC/C(C)=C(/C)O)ccc2c1. The Bertz CT molecular complexity index is 852. The van der Waals surface area contributed by atoms with Crippen molar-refractivity contribution < 1.29 is 24.1 Å². The van der Waals surface area contributed by atoms with Crippen LogP contribution in [-0.2, 0) is 14.3 Å². The van der Waals surface area contributed by atoms with Crippen LogP contribution in [0.5, 0.6) is 5.75 Å². The molecule has 0 fully saturated rings. The summed E-state index contributed by atoms with van der Waals surface area (Å²) in [6, 6.07) is 11.5. The van der Waals surface area contributed by atoms with Crippen molar-refractivity contribution >= 4 is 34.2 Å². The summed E-state index contributed by atoms with van der Waals surface area (Å²) >= 11 is 4.93. The lowest BCUT2D eigenvalue weighted by molar-refractivity contribution is -0.138. The zero-order valence-electron chi connectivity index (χ0n) is 15.2. The van der Waals surface area contributed by atoms with Crippen LogP contribution in [0.2, 0.25) is 0 Å². The van der Waals surface area contributed by atoms with E-state index in [0.717, 1.165) is 22.1 Å². The monoisotopic (exact) mass is 374 g/mol. The van der Waals surface area contributed by atoms with E-state index >= 15 is 0 Å². The summed E-state index contributed by atoms with van der Waals surface area (Å²) in [7, 11) is 1.62. The minimum Gasteiger partial charge on any atom is -0.513 e. The first kappa shape index (κ1) is 19.7. The summed E-state index contributed by atoms with van der Waals surface area (Å²) in [5.41, 5.74) is 1.43. The molecule has 0 aliphatic heterocycles. The van der Waals surface area contributed by atoms with E-state index in [-0.39, 0.29) is 17.6 Å². The molecule has 138 valence electrons. The van der Waals surface area contributed by atoms with Gasteiger partial charge in [-0.05, 0) is 49.2 Å². The van der Waals surface area contributed by atoms with Gasteiger partial charge in [0, 0.05) is 17.8 Å². The molecule has 2 aromatic rings. The smallest absolute Gasteiger partial charge is 0.360 e. The number of benzene rings is 2. The molecule has 1 N–H and O–H groups in total. The van der Waals surface area contributed by atoms with E-state index in [1.807, 2.05) is 36.4 Å². The van der Waals surface area contributed by atoms with Crippen LogP contribution >= 0.6 is 12.2 Å². The topological polar surface area (TPSA) is 65.0 Å². The van der Waals surface area contributed by atoms with Crippen molar-refractivity contribution in [3.05, 3.63) is 53.3 Å². The standard InChI is InChI=1S/C20H22O5S/c1-12(14(3)21)11-24-20(26)25-19(22)13(2)15-5-6-17-10-18(23-4)8-7-16(17)9-15/h5-10,13,21H,11H2,1-4H3/b14-12-/t13-/m0/s1. The normalized spacial score (nSPS) is 12.9. The van der Waals surface area contributed by atoms with Gasteiger partial charge in [-0.1, -0.05) is 24.3 Å². The van der Waals surface area contributed by atoms with Gasteiger partial charge in [0.1, 0.15) is 12.4 Å². The predicted octanol–water partition coefficient (Wildman–Crippen LogP) is 4.65. The van der Waals surface area contributed by atoms with Gasteiger partial charge in [-0.15, -0.1) is 0 Å². The van der Waals surface area contributed by atoms with Crippen molar-refractivity contribution in [3.8, 4) is 5.75 Å². The van der Waals surface area contributed by atoms with Crippen LogP contribution in [0, 0.1) is 0 Å². The number of methoxy groups -OCH3 is 1. The van der Waals surface area contributed by atoms with Crippen molar-refractivity contribution in [1.82, 2.24) is 0 Å². The number of allylic oxidation sites excluding steroid dienone is 1. The molecule has 0 spiro atoms. The molecule has 1 atom stereocenters. The quantitative estimate of drug-likeness (QED) is 0.467. The highest BCUT2D eigenvalue weighted by Crippen LogP contribution is 2.25. The molecule has 2 rings (SSSR count). The second kappa shape index (κ2) is 8.67. The summed E-state index contributed by atoms with van der Waals surface area (Å²) < 4.78 is 15.5. The number of aliphatic hydroxyl groups excluding tert-OH is 1. The summed E-state index contributed by atoms with van der Waals surface area (Å²) in [6.07, 6.45) is 0. The van der Waals surface area contributed by atoms with E-state index in [4.69, 9.17) is 26.4 Å². The molecule has 0 heterocycles. The maximum atomic E-state index is 12.3. The molecule has 0 unspecified atom stereocenters. The average Bonchev–Trinajstić information content (AvgIpc) is 2.64. The number of rotatable bonds is 5. The van der Waals surface area contributed by atoms with Crippen LogP contribution < -0.4 is 4.74 Å². The maximum Gasteiger partial charge on any atom is 0.360 e. The molecule has 0 bridgehead atoms. The van der Waals surface area contributed by atoms with Gasteiger partial charge < -0.3 is 19.3 Å². The van der Waals surface area contributed by atoms with Gasteiger partial charge in [-0.2, -0.15) is 0 Å². The number of thiocarbonyl (C=S) groups is 1. The number of carbonyl (C=O) groups excluding carboxylic acids is 1. The average molecular weight is 374 g/mol. The van der Waals surface area contributed by atoms with E-state index in [0.29, 0.717) is 5.57 Å². The van der Waals surface area contributed by atoms with Crippen molar-refractivity contribution in [2.45, 2.75) is 26.7 Å². The molecule has 0 aliphatic carbocycles. The number of fused-ring (bicyclic) bond motifs is 1. The predicted molar refractivity (Wildman–Crippen MR) is 105 cm³/mol. The summed E-state index contributed by atoms with van der Waals surface area (Å²) in [6.45, 7) is 5.07. The molecule has 0 aliphatic rings. The lowest BCUT2D eigenvalue weighted by Crippen LogP contribution is -2.19. The van der Waals surface area contributed by atoms with Gasteiger partial charge in [-0.3, -0.25) is 4.79 Å². The first-order valence-corrected chi connectivity index (χ1v) is 8.54. The summed E-state index contributed by atoms with van der Waals surface area (Å²) in [5, 5.41) is 11.1. The minimum absolute atomic E-state index is 0.0701. The lowest BCUT2D eigenvalue weighted by Gasteiger charge is -2.13. The third-order valence-corrected chi connectivity index (χ3v) is 4.33. The highest BCUT2D eigenvalue weighted by Gasteiger charge is 2.20. The summed E-state index contributed by atoms with van der Waals surface area (Å²) in [4.78, 5) is 12.3. The number of esters is 1. The van der Waals surface area contributed by atoms with Crippen LogP contribution in [0.3, 0.4) is 0 Å². The van der Waals surface area contributed by atoms with Crippen molar-refractivity contribution in [2.75, 3.05) is 13.7 Å². The van der Waals surface area contributed by atoms with Crippen LogP contribution in [0.25, 0.3) is 10.8 Å². The van der Waals surface area contributed by atoms with Crippen molar-refractivity contribution in [3.63, 3.8) is 0 Å². The van der Waals surface area contributed by atoms with Crippen molar-refractivity contribution in [2.24, 2.45) is 0 Å². The fourth-order valence-corrected chi connectivity index (χ4v) is 2.39. The Morgan fingerprint density at radius 2 is 1.81 bits per heavy atom. The molecule has 5 nitrogen and oxygen atoms in total. The molecular weight excluding hydrogens is 352 g/mol. The van der Waals surface area contributed by atoms with Gasteiger partial charge in [0.2, 0.25) is 0 Å². The Balaban J connectivity index is 2.04. The van der Waals surface area contributed by atoms with Crippen LogP contribution in [0.1, 0.15) is 32.3 Å². The first-order valence-electron chi connectivity index (χ1n) is 8.13. The number of carbonyl (C=O) groups is 1. The molecule has 0 saturated carbocycles. The van der Waals surface area contributed by atoms with Gasteiger partial charge in [0.15, 0.2) is 0 Å². The second-order valence-corrected chi connectivity index (χ2v) is 6.35. The van der Waals surface area contributed by atoms with Gasteiger partial charge >= 0.3 is 11.2 Å². The van der Waals surface area contributed by atoms with E-state index in [1.165, 1.54) is 0 Å². The molecule has 0 radical (unpaired) electrons. The zero-order valence-corrected chi connectivity index (χ0v) is 16.1. The number of aliphatic hydroxyl groups is 1. The molecule has 0 aromatic heterocycles. The van der Waals surface area contributed by atoms with E-state index in [1.54, 1.807) is 27.9 Å². The Morgan fingerprint density at radius 3 is 2.46 bits per heavy atom. The third-order valence-electron chi connectivity index (χ3n) is 4.13. The Kier molecular flexibility index (Phi) is 6.58. The zero-order chi connectivity index (χ0) is 19.3. The van der Waals surface area contributed by atoms with E-state index < -0.39 is 11.9 Å². The van der Waals surface area contributed by atoms with Gasteiger partial charge in [0.05, 0.1) is 18.8 Å². The highest BCUT2D eigenvalue weighted by atomic mass is 32.1. The number of ether oxygens (including phenoxy) is 3. The van der Waals surface area contributed by atoms with Crippen LogP contribution in [-0.4, -0.2) is 30.0 Å². The van der Waals surface area contributed by atoms with Crippen LogP contribution in [0.15, 0.2) is 47.7 Å². The molecular formula is C20H22O5S. The molecule has 6 heteroatoms. The molecule has 26 heavy (non-hydrogen) atoms.